The van der Waals surface area contributed by atoms with Gasteiger partial charge in [0.05, 0.1) is 24.4 Å². The molecule has 0 aliphatic carbocycles. The van der Waals surface area contributed by atoms with Gasteiger partial charge < -0.3 is 14.4 Å². The van der Waals surface area contributed by atoms with E-state index in [-0.39, 0.29) is 0 Å². The number of aromatic nitrogens is 1. The lowest BCUT2D eigenvalue weighted by atomic mass is 10.1. The molecular formula is C21H24ClN3O2S. The Morgan fingerprint density at radius 2 is 1.86 bits per heavy atom. The van der Waals surface area contributed by atoms with Crippen molar-refractivity contribution in [3.63, 3.8) is 0 Å². The molecule has 1 aromatic heterocycles. The highest BCUT2D eigenvalue weighted by molar-refractivity contribution is 7.22. The number of piperazine rings is 1. The molecule has 1 fully saturated rings. The van der Waals surface area contributed by atoms with Crippen LogP contribution in [0, 0.1) is 6.92 Å². The Hall–Kier alpha value is -2.02. The Morgan fingerprint density at radius 3 is 2.57 bits per heavy atom. The Labute approximate surface area is 174 Å². The van der Waals surface area contributed by atoms with Crippen LogP contribution in [0.4, 0.5) is 5.13 Å². The van der Waals surface area contributed by atoms with Crippen LogP contribution >= 0.6 is 22.9 Å². The number of nitrogens with zero attached hydrogens (tertiary/aromatic N) is 3. The summed E-state index contributed by atoms with van der Waals surface area (Å²) in [6, 6.07) is 9.99. The van der Waals surface area contributed by atoms with E-state index in [0.717, 1.165) is 71.0 Å². The minimum atomic E-state index is 0.779. The number of fused-ring (bicyclic) bond motifs is 1. The SMILES string of the molecule is COc1ccc(OC)c(CN2CCN(c3nc4c(C)c(Cl)ccc4s3)CC2)c1. The Bertz CT molecular complexity index is 983. The number of benzene rings is 2. The quantitative estimate of drug-likeness (QED) is 0.606. The standard InChI is InChI=1S/C21H24ClN3O2S/c1-14-17(22)5-7-19-20(14)23-21(28-19)25-10-8-24(9-11-25)13-15-12-16(26-2)4-6-18(15)27-3/h4-7,12H,8-11,13H2,1-3H3. The maximum atomic E-state index is 6.25. The first kappa shape index (κ1) is 19.3. The van der Waals surface area contributed by atoms with Crippen LogP contribution in [0.2, 0.25) is 5.02 Å². The fourth-order valence-corrected chi connectivity index (χ4v) is 4.80. The predicted octanol–water partition coefficient (Wildman–Crippen LogP) is 4.60. The second-order valence-electron chi connectivity index (χ2n) is 6.96. The highest BCUT2D eigenvalue weighted by Crippen LogP contribution is 2.34. The predicted molar refractivity (Wildman–Crippen MR) is 116 cm³/mol. The van der Waals surface area contributed by atoms with Crippen molar-refractivity contribution in [2.24, 2.45) is 0 Å². The molecule has 0 amide bonds. The molecule has 1 aliphatic rings. The van der Waals surface area contributed by atoms with Gasteiger partial charge in [-0.1, -0.05) is 22.9 Å². The number of rotatable bonds is 5. The maximum Gasteiger partial charge on any atom is 0.186 e. The van der Waals surface area contributed by atoms with Gasteiger partial charge in [0.25, 0.3) is 0 Å². The monoisotopic (exact) mass is 417 g/mol. The van der Waals surface area contributed by atoms with E-state index >= 15 is 0 Å². The van der Waals surface area contributed by atoms with Crippen molar-refractivity contribution in [3.8, 4) is 11.5 Å². The van der Waals surface area contributed by atoms with Crippen molar-refractivity contribution in [3.05, 3.63) is 46.5 Å². The van der Waals surface area contributed by atoms with Crippen LogP contribution in [-0.4, -0.2) is 50.3 Å². The van der Waals surface area contributed by atoms with Crippen LogP contribution in [0.25, 0.3) is 10.2 Å². The van der Waals surface area contributed by atoms with E-state index in [2.05, 4.69) is 21.9 Å². The first-order valence-corrected chi connectivity index (χ1v) is 10.5. The number of ether oxygens (including phenoxy) is 2. The summed E-state index contributed by atoms with van der Waals surface area (Å²) in [6.07, 6.45) is 0. The van der Waals surface area contributed by atoms with Gasteiger partial charge in [-0.3, -0.25) is 4.90 Å². The third-order valence-electron chi connectivity index (χ3n) is 5.26. The number of anilines is 1. The van der Waals surface area contributed by atoms with E-state index in [1.165, 1.54) is 4.70 Å². The lowest BCUT2D eigenvalue weighted by Gasteiger charge is -2.34. The van der Waals surface area contributed by atoms with E-state index in [1.807, 2.05) is 25.1 Å². The summed E-state index contributed by atoms with van der Waals surface area (Å²) < 4.78 is 12.1. The van der Waals surface area contributed by atoms with Crippen LogP contribution < -0.4 is 14.4 Å². The molecule has 5 nitrogen and oxygen atoms in total. The highest BCUT2D eigenvalue weighted by Gasteiger charge is 2.21. The first-order chi connectivity index (χ1) is 13.6. The third kappa shape index (κ3) is 3.77. The average molecular weight is 418 g/mol. The molecule has 28 heavy (non-hydrogen) atoms. The molecule has 0 saturated carbocycles. The van der Waals surface area contributed by atoms with Gasteiger partial charge in [-0.15, -0.1) is 0 Å². The van der Waals surface area contributed by atoms with Crippen LogP contribution in [0.5, 0.6) is 11.5 Å². The minimum Gasteiger partial charge on any atom is -0.497 e. The summed E-state index contributed by atoms with van der Waals surface area (Å²) in [6.45, 7) is 6.76. The molecule has 7 heteroatoms. The smallest absolute Gasteiger partial charge is 0.186 e. The van der Waals surface area contributed by atoms with Gasteiger partial charge in [-0.2, -0.15) is 0 Å². The molecule has 0 spiro atoms. The topological polar surface area (TPSA) is 37.8 Å². The third-order valence-corrected chi connectivity index (χ3v) is 6.75. The number of hydrogen-bond donors (Lipinski definition) is 0. The summed E-state index contributed by atoms with van der Waals surface area (Å²) in [5, 5.41) is 1.86. The number of methoxy groups -OCH3 is 2. The zero-order valence-corrected chi connectivity index (χ0v) is 17.9. The molecule has 0 bridgehead atoms. The highest BCUT2D eigenvalue weighted by atomic mass is 35.5. The average Bonchev–Trinajstić information content (AvgIpc) is 3.16. The van der Waals surface area contributed by atoms with Gasteiger partial charge in [0, 0.05) is 43.3 Å². The van der Waals surface area contributed by atoms with Gasteiger partial charge in [0.1, 0.15) is 11.5 Å². The zero-order valence-electron chi connectivity index (χ0n) is 16.4. The van der Waals surface area contributed by atoms with E-state index in [1.54, 1.807) is 25.6 Å². The summed E-state index contributed by atoms with van der Waals surface area (Å²) in [5.41, 5.74) is 3.24. The summed E-state index contributed by atoms with van der Waals surface area (Å²) in [5.74, 6) is 1.76. The molecule has 1 aliphatic heterocycles. The minimum absolute atomic E-state index is 0.779. The lowest BCUT2D eigenvalue weighted by Crippen LogP contribution is -2.46. The molecule has 0 atom stereocenters. The van der Waals surface area contributed by atoms with Crippen LogP contribution in [0.3, 0.4) is 0 Å². The van der Waals surface area contributed by atoms with Gasteiger partial charge in [-0.25, -0.2) is 4.98 Å². The maximum absolute atomic E-state index is 6.25. The fourth-order valence-electron chi connectivity index (χ4n) is 3.57. The van der Waals surface area contributed by atoms with Gasteiger partial charge >= 0.3 is 0 Å². The summed E-state index contributed by atoms with van der Waals surface area (Å²) >= 11 is 7.99. The summed E-state index contributed by atoms with van der Waals surface area (Å²) in [4.78, 5) is 9.68. The van der Waals surface area contributed by atoms with Crippen molar-refractivity contribution >= 4 is 38.3 Å². The van der Waals surface area contributed by atoms with Gasteiger partial charge in [0.15, 0.2) is 5.13 Å². The van der Waals surface area contributed by atoms with Crippen molar-refractivity contribution in [1.82, 2.24) is 9.88 Å². The van der Waals surface area contributed by atoms with Crippen LogP contribution in [0.15, 0.2) is 30.3 Å². The molecule has 0 N–H and O–H groups in total. The van der Waals surface area contributed by atoms with Crippen LogP contribution in [0.1, 0.15) is 11.1 Å². The van der Waals surface area contributed by atoms with Crippen LogP contribution in [-0.2, 0) is 6.54 Å². The normalized spacial score (nSPS) is 15.2. The van der Waals surface area contributed by atoms with Crippen molar-refractivity contribution in [1.29, 1.82) is 0 Å². The molecule has 4 rings (SSSR count). The zero-order chi connectivity index (χ0) is 19.7. The van der Waals surface area contributed by atoms with E-state index in [0.29, 0.717) is 0 Å². The van der Waals surface area contributed by atoms with E-state index in [4.69, 9.17) is 26.1 Å². The fraction of sp³-hybridized carbons (Fsp3) is 0.381. The van der Waals surface area contributed by atoms with Gasteiger partial charge in [-0.05, 0) is 42.8 Å². The number of thiazole rings is 1. The lowest BCUT2D eigenvalue weighted by molar-refractivity contribution is 0.245. The van der Waals surface area contributed by atoms with Crippen molar-refractivity contribution in [2.45, 2.75) is 13.5 Å². The molecule has 148 valence electrons. The molecule has 2 heterocycles. The van der Waals surface area contributed by atoms with Gasteiger partial charge in [0.2, 0.25) is 0 Å². The number of aryl methyl sites for hydroxylation is 1. The second-order valence-corrected chi connectivity index (χ2v) is 8.37. The molecule has 0 radical (unpaired) electrons. The number of halogens is 1. The summed E-state index contributed by atoms with van der Waals surface area (Å²) in [7, 11) is 3.40. The Balaban J connectivity index is 1.45. The Morgan fingerprint density at radius 1 is 1.07 bits per heavy atom. The van der Waals surface area contributed by atoms with Crippen molar-refractivity contribution < 1.29 is 9.47 Å². The molecule has 3 aromatic rings. The van der Waals surface area contributed by atoms with Crippen molar-refractivity contribution in [2.75, 3.05) is 45.3 Å². The molecule has 2 aromatic carbocycles. The molecule has 1 saturated heterocycles. The molecular weight excluding hydrogens is 394 g/mol. The van der Waals surface area contributed by atoms with E-state index in [9.17, 15) is 0 Å². The van der Waals surface area contributed by atoms with E-state index < -0.39 is 0 Å². The number of hydrogen-bond acceptors (Lipinski definition) is 6. The largest absolute Gasteiger partial charge is 0.497 e. The Kier molecular flexibility index (Phi) is 5.62. The first-order valence-electron chi connectivity index (χ1n) is 9.33. The second kappa shape index (κ2) is 8.15. The molecule has 0 unspecified atom stereocenters.